The molecule has 11 rings (SSSR count). The molecule has 1 aromatic heterocycles. The molecule has 2 heteroatoms. The van der Waals surface area contributed by atoms with Crippen molar-refractivity contribution in [3.05, 3.63) is 237 Å². The topological polar surface area (TPSA) is 3.24 Å². The number of nitrogens with zero attached hydrogens (tertiary/aromatic N) is 1. The minimum absolute atomic E-state index is 1.10. The Labute approximate surface area is 354 Å². The van der Waals surface area contributed by atoms with Crippen molar-refractivity contribution in [1.82, 2.24) is 0 Å². The van der Waals surface area contributed by atoms with Crippen LogP contribution in [-0.4, -0.2) is 0 Å². The van der Waals surface area contributed by atoms with Crippen LogP contribution < -0.4 is 4.90 Å². The van der Waals surface area contributed by atoms with E-state index >= 15 is 0 Å². The molecule has 0 fully saturated rings. The average Bonchev–Trinajstić information content (AvgIpc) is 3.71. The van der Waals surface area contributed by atoms with Gasteiger partial charge >= 0.3 is 0 Å². The molecule has 11 aromatic rings. The number of rotatable bonds is 8. The third-order valence-electron chi connectivity index (χ3n) is 11.7. The molecule has 0 amide bonds. The van der Waals surface area contributed by atoms with Crippen molar-refractivity contribution in [2.75, 3.05) is 4.90 Å². The highest BCUT2D eigenvalue weighted by Crippen LogP contribution is 2.41. The van der Waals surface area contributed by atoms with Gasteiger partial charge in [-0.05, 0) is 133 Å². The first-order chi connectivity index (χ1) is 29.7. The first-order valence-electron chi connectivity index (χ1n) is 20.5. The predicted octanol–water partition coefficient (Wildman–Crippen LogP) is 17.0. The van der Waals surface area contributed by atoms with Crippen LogP contribution in [0.1, 0.15) is 0 Å². The smallest absolute Gasteiger partial charge is 0.0462 e. The lowest BCUT2D eigenvalue weighted by atomic mass is 9.93. The van der Waals surface area contributed by atoms with Crippen molar-refractivity contribution in [2.45, 2.75) is 0 Å². The summed E-state index contributed by atoms with van der Waals surface area (Å²) in [5, 5.41) is 5.16. The quantitative estimate of drug-likeness (QED) is 0.148. The summed E-state index contributed by atoms with van der Waals surface area (Å²) in [6.07, 6.45) is 0. The maximum absolute atomic E-state index is 2.37. The maximum atomic E-state index is 2.37. The van der Waals surface area contributed by atoms with Gasteiger partial charge in [-0.1, -0.05) is 170 Å². The van der Waals surface area contributed by atoms with Gasteiger partial charge in [0.1, 0.15) is 0 Å². The Bertz CT molecular complexity index is 3210. The van der Waals surface area contributed by atoms with Crippen LogP contribution in [0.15, 0.2) is 237 Å². The lowest BCUT2D eigenvalue weighted by molar-refractivity contribution is 1.28. The van der Waals surface area contributed by atoms with Crippen LogP contribution >= 0.6 is 11.3 Å². The van der Waals surface area contributed by atoms with Crippen molar-refractivity contribution < 1.29 is 0 Å². The van der Waals surface area contributed by atoms with Crippen LogP contribution in [0.2, 0.25) is 0 Å². The lowest BCUT2D eigenvalue weighted by Crippen LogP contribution is -2.09. The van der Waals surface area contributed by atoms with E-state index in [1.54, 1.807) is 0 Å². The van der Waals surface area contributed by atoms with Crippen molar-refractivity contribution >= 4 is 59.3 Å². The van der Waals surface area contributed by atoms with Gasteiger partial charge in [-0.2, -0.15) is 0 Å². The number of anilines is 3. The fourth-order valence-corrected chi connectivity index (χ4v) is 9.76. The number of hydrogen-bond donors (Lipinski definition) is 0. The minimum Gasteiger partial charge on any atom is -0.311 e. The maximum Gasteiger partial charge on any atom is 0.0462 e. The molecule has 0 unspecified atom stereocenters. The summed E-state index contributed by atoms with van der Waals surface area (Å²) in [4.78, 5) is 2.37. The predicted molar refractivity (Wildman–Crippen MR) is 259 cm³/mol. The van der Waals surface area contributed by atoms with E-state index in [0.29, 0.717) is 0 Å². The second kappa shape index (κ2) is 15.3. The van der Waals surface area contributed by atoms with E-state index in [4.69, 9.17) is 0 Å². The molecule has 10 aromatic carbocycles. The van der Waals surface area contributed by atoms with Crippen molar-refractivity contribution in [3.63, 3.8) is 0 Å². The molecule has 1 heterocycles. The Hall–Kier alpha value is -7.52. The zero-order valence-corrected chi connectivity index (χ0v) is 33.7. The fourth-order valence-electron chi connectivity index (χ4n) is 8.61. The SMILES string of the molecule is c1ccc(-c2cc(-c3ccccc3)cc(-c3ccc(N(c4ccc(-c5ccc6c(c5)sc5ccccc56)cc4)c4ccc(-c5cccc6ccccc56)cc4)cc3)c2)cc1. The zero-order chi connectivity index (χ0) is 39.8. The Morgan fingerprint density at radius 1 is 0.250 bits per heavy atom. The highest BCUT2D eigenvalue weighted by atomic mass is 32.1. The molecular formula is C58H39NS. The molecule has 0 saturated heterocycles. The molecule has 0 atom stereocenters. The average molecular weight is 782 g/mol. The first kappa shape index (κ1) is 35.6. The van der Waals surface area contributed by atoms with E-state index in [0.717, 1.165) is 17.1 Å². The van der Waals surface area contributed by atoms with Crippen LogP contribution in [0.4, 0.5) is 17.1 Å². The summed E-state index contributed by atoms with van der Waals surface area (Å²) < 4.78 is 2.64. The monoisotopic (exact) mass is 781 g/mol. The number of benzene rings is 10. The van der Waals surface area contributed by atoms with Crippen molar-refractivity contribution in [2.24, 2.45) is 0 Å². The summed E-state index contributed by atoms with van der Waals surface area (Å²) >= 11 is 1.86. The van der Waals surface area contributed by atoms with Gasteiger partial charge in [0.25, 0.3) is 0 Å². The lowest BCUT2D eigenvalue weighted by Gasteiger charge is -2.26. The molecule has 0 bridgehead atoms. The van der Waals surface area contributed by atoms with E-state index in [2.05, 4.69) is 241 Å². The van der Waals surface area contributed by atoms with Crippen LogP contribution in [0, 0.1) is 0 Å². The Balaban J connectivity index is 0.982. The summed E-state index contributed by atoms with van der Waals surface area (Å²) in [7, 11) is 0. The standard InChI is InChI=1S/C58H39NS/c1-3-12-40(13-4-1)47-36-48(41-14-5-2-6-15-41)38-49(37-47)43-24-31-51(32-25-43)59(52-33-26-45(27-34-52)54-20-11-17-44-16-7-8-18-53(44)54)50-29-22-42(23-30-50)46-28-35-56-55-19-9-10-21-57(55)60-58(56)39-46/h1-39H. The molecular weight excluding hydrogens is 743 g/mol. The van der Waals surface area contributed by atoms with Gasteiger partial charge in [0.15, 0.2) is 0 Å². The molecule has 0 saturated carbocycles. The minimum atomic E-state index is 1.10. The summed E-state index contributed by atoms with van der Waals surface area (Å²) in [6, 6.07) is 86.1. The van der Waals surface area contributed by atoms with Crippen LogP contribution in [0.25, 0.3) is 86.6 Å². The summed E-state index contributed by atoms with van der Waals surface area (Å²) in [5.74, 6) is 0. The van der Waals surface area contributed by atoms with Gasteiger partial charge < -0.3 is 4.90 Å². The molecule has 0 spiro atoms. The number of fused-ring (bicyclic) bond motifs is 4. The normalized spacial score (nSPS) is 11.3. The highest BCUT2D eigenvalue weighted by molar-refractivity contribution is 7.25. The van der Waals surface area contributed by atoms with Crippen LogP contribution in [0.5, 0.6) is 0 Å². The fraction of sp³-hybridized carbons (Fsp3) is 0. The highest BCUT2D eigenvalue weighted by Gasteiger charge is 2.16. The molecule has 0 radical (unpaired) electrons. The van der Waals surface area contributed by atoms with Gasteiger partial charge in [-0.15, -0.1) is 11.3 Å². The van der Waals surface area contributed by atoms with E-state index < -0.39 is 0 Å². The second-order valence-corrected chi connectivity index (χ2v) is 16.4. The molecule has 1 nitrogen and oxygen atoms in total. The van der Waals surface area contributed by atoms with Gasteiger partial charge in [-0.3, -0.25) is 0 Å². The van der Waals surface area contributed by atoms with Gasteiger partial charge in [0.2, 0.25) is 0 Å². The van der Waals surface area contributed by atoms with E-state index in [1.165, 1.54) is 86.6 Å². The Kier molecular flexibility index (Phi) is 9.11. The molecule has 0 aliphatic carbocycles. The number of thiophene rings is 1. The third kappa shape index (κ3) is 6.73. The van der Waals surface area contributed by atoms with E-state index in [1.807, 2.05) is 11.3 Å². The first-order valence-corrected chi connectivity index (χ1v) is 21.3. The van der Waals surface area contributed by atoms with E-state index in [9.17, 15) is 0 Å². The van der Waals surface area contributed by atoms with Crippen molar-refractivity contribution in [1.29, 1.82) is 0 Å². The molecule has 0 aliphatic rings. The Morgan fingerprint density at radius 2 is 0.683 bits per heavy atom. The second-order valence-electron chi connectivity index (χ2n) is 15.3. The Morgan fingerprint density at radius 3 is 1.28 bits per heavy atom. The number of hydrogen-bond acceptors (Lipinski definition) is 2. The van der Waals surface area contributed by atoms with Crippen molar-refractivity contribution in [3.8, 4) is 55.6 Å². The molecule has 0 N–H and O–H groups in total. The van der Waals surface area contributed by atoms with Gasteiger partial charge in [-0.25, -0.2) is 0 Å². The third-order valence-corrected chi connectivity index (χ3v) is 12.8. The summed E-state index contributed by atoms with van der Waals surface area (Å²) in [5.41, 5.74) is 15.3. The van der Waals surface area contributed by atoms with Gasteiger partial charge in [0, 0.05) is 37.2 Å². The summed E-state index contributed by atoms with van der Waals surface area (Å²) in [6.45, 7) is 0. The van der Waals surface area contributed by atoms with Gasteiger partial charge in [0.05, 0.1) is 0 Å². The van der Waals surface area contributed by atoms with E-state index in [-0.39, 0.29) is 0 Å². The molecule has 60 heavy (non-hydrogen) atoms. The molecule has 282 valence electrons. The van der Waals surface area contributed by atoms with Crippen LogP contribution in [0.3, 0.4) is 0 Å². The largest absolute Gasteiger partial charge is 0.311 e. The van der Waals surface area contributed by atoms with Crippen LogP contribution in [-0.2, 0) is 0 Å². The molecule has 0 aliphatic heterocycles. The zero-order valence-electron chi connectivity index (χ0n) is 32.9.